The van der Waals surface area contributed by atoms with Gasteiger partial charge in [0.25, 0.3) is 5.91 Å². The van der Waals surface area contributed by atoms with Crippen molar-refractivity contribution in [1.29, 1.82) is 0 Å². The van der Waals surface area contributed by atoms with E-state index in [1.165, 1.54) is 0 Å². The minimum Gasteiger partial charge on any atom is -0.496 e. The maximum absolute atomic E-state index is 11.9. The van der Waals surface area contributed by atoms with Crippen molar-refractivity contribution in [3.05, 3.63) is 29.3 Å². The molecule has 0 aromatic heterocycles. The van der Waals surface area contributed by atoms with Crippen LogP contribution in [0.15, 0.2) is 18.2 Å². The van der Waals surface area contributed by atoms with E-state index < -0.39 is 0 Å². The average molecular weight is 251 g/mol. The Kier molecular flexibility index (Phi) is 5.65. The SMILES string of the molecule is COc1ccc(C(=O)NCCCO)cc1C(C)C. The molecule has 18 heavy (non-hydrogen) atoms. The summed E-state index contributed by atoms with van der Waals surface area (Å²) in [4.78, 5) is 11.9. The fraction of sp³-hybridized carbons (Fsp3) is 0.500. The van der Waals surface area contributed by atoms with Crippen LogP contribution in [0.25, 0.3) is 0 Å². The predicted molar refractivity (Wildman–Crippen MR) is 71.1 cm³/mol. The number of amides is 1. The Hall–Kier alpha value is -1.55. The lowest BCUT2D eigenvalue weighted by atomic mass is 9.99. The van der Waals surface area contributed by atoms with Crippen LogP contribution < -0.4 is 10.1 Å². The number of hydrogen-bond donors (Lipinski definition) is 2. The summed E-state index contributed by atoms with van der Waals surface area (Å²) in [5.74, 6) is 0.982. The van der Waals surface area contributed by atoms with Crippen LogP contribution in [0, 0.1) is 0 Å². The van der Waals surface area contributed by atoms with Gasteiger partial charge in [0.2, 0.25) is 0 Å². The van der Waals surface area contributed by atoms with E-state index in [9.17, 15) is 4.79 Å². The summed E-state index contributed by atoms with van der Waals surface area (Å²) in [6.07, 6.45) is 0.568. The number of rotatable bonds is 6. The Morgan fingerprint density at radius 3 is 2.72 bits per heavy atom. The molecule has 1 rings (SSSR count). The highest BCUT2D eigenvalue weighted by Crippen LogP contribution is 2.27. The lowest BCUT2D eigenvalue weighted by Gasteiger charge is -2.13. The van der Waals surface area contributed by atoms with Gasteiger partial charge in [-0.15, -0.1) is 0 Å². The number of carbonyl (C=O) groups excluding carboxylic acids is 1. The summed E-state index contributed by atoms with van der Waals surface area (Å²) in [6, 6.07) is 5.42. The quantitative estimate of drug-likeness (QED) is 0.759. The number of benzene rings is 1. The zero-order chi connectivity index (χ0) is 13.5. The fourth-order valence-corrected chi connectivity index (χ4v) is 1.71. The normalized spacial score (nSPS) is 10.5. The maximum Gasteiger partial charge on any atom is 0.251 e. The number of aliphatic hydroxyl groups excluding tert-OH is 1. The second kappa shape index (κ2) is 7.01. The van der Waals surface area contributed by atoms with E-state index in [1.54, 1.807) is 13.2 Å². The van der Waals surface area contributed by atoms with Gasteiger partial charge in [0, 0.05) is 18.7 Å². The molecule has 1 aromatic rings. The summed E-state index contributed by atoms with van der Waals surface area (Å²) < 4.78 is 5.28. The van der Waals surface area contributed by atoms with E-state index in [4.69, 9.17) is 9.84 Å². The first kappa shape index (κ1) is 14.5. The van der Waals surface area contributed by atoms with Gasteiger partial charge < -0.3 is 15.2 Å². The molecule has 0 spiro atoms. The second-order valence-corrected chi connectivity index (χ2v) is 4.44. The molecule has 4 nitrogen and oxygen atoms in total. The minimum atomic E-state index is -0.118. The van der Waals surface area contributed by atoms with Crippen molar-refractivity contribution in [2.75, 3.05) is 20.3 Å². The molecule has 0 aliphatic rings. The van der Waals surface area contributed by atoms with Crippen molar-refractivity contribution in [2.24, 2.45) is 0 Å². The van der Waals surface area contributed by atoms with E-state index in [1.807, 2.05) is 12.1 Å². The topological polar surface area (TPSA) is 58.6 Å². The van der Waals surface area contributed by atoms with Crippen LogP contribution in [-0.4, -0.2) is 31.3 Å². The number of aliphatic hydroxyl groups is 1. The molecule has 0 fully saturated rings. The Labute approximate surface area is 108 Å². The van der Waals surface area contributed by atoms with Gasteiger partial charge in [-0.05, 0) is 36.1 Å². The molecule has 0 unspecified atom stereocenters. The van der Waals surface area contributed by atoms with Gasteiger partial charge in [0.1, 0.15) is 5.75 Å². The lowest BCUT2D eigenvalue weighted by Crippen LogP contribution is -2.25. The summed E-state index contributed by atoms with van der Waals surface area (Å²) >= 11 is 0. The molecule has 0 saturated carbocycles. The minimum absolute atomic E-state index is 0.0835. The molecule has 2 N–H and O–H groups in total. The van der Waals surface area contributed by atoms with Gasteiger partial charge >= 0.3 is 0 Å². The molecule has 0 atom stereocenters. The Morgan fingerprint density at radius 2 is 2.17 bits per heavy atom. The third-order valence-corrected chi connectivity index (χ3v) is 2.73. The van der Waals surface area contributed by atoms with Crippen molar-refractivity contribution in [3.63, 3.8) is 0 Å². The van der Waals surface area contributed by atoms with Crippen molar-refractivity contribution in [3.8, 4) is 5.75 Å². The number of hydrogen-bond acceptors (Lipinski definition) is 3. The van der Waals surface area contributed by atoms with Crippen LogP contribution >= 0.6 is 0 Å². The van der Waals surface area contributed by atoms with Gasteiger partial charge in [-0.25, -0.2) is 0 Å². The van der Waals surface area contributed by atoms with Gasteiger partial charge in [0.05, 0.1) is 7.11 Å². The monoisotopic (exact) mass is 251 g/mol. The molecular formula is C14H21NO3. The highest BCUT2D eigenvalue weighted by Gasteiger charge is 2.12. The highest BCUT2D eigenvalue weighted by molar-refractivity contribution is 5.94. The van der Waals surface area contributed by atoms with Crippen LogP contribution in [0.3, 0.4) is 0 Å². The summed E-state index contributed by atoms with van der Waals surface area (Å²) in [5.41, 5.74) is 1.64. The molecule has 0 bridgehead atoms. The number of nitrogens with one attached hydrogen (secondary N) is 1. The Morgan fingerprint density at radius 1 is 1.44 bits per heavy atom. The van der Waals surface area contributed by atoms with Gasteiger partial charge in [-0.2, -0.15) is 0 Å². The van der Waals surface area contributed by atoms with Crippen LogP contribution in [0.1, 0.15) is 42.1 Å². The molecular weight excluding hydrogens is 230 g/mol. The number of ether oxygens (including phenoxy) is 1. The van der Waals surface area contributed by atoms with Crippen molar-refractivity contribution in [1.82, 2.24) is 5.32 Å². The van der Waals surface area contributed by atoms with Crippen LogP contribution in [0.5, 0.6) is 5.75 Å². The molecule has 0 radical (unpaired) electrons. The second-order valence-electron chi connectivity index (χ2n) is 4.44. The highest BCUT2D eigenvalue weighted by atomic mass is 16.5. The van der Waals surface area contributed by atoms with E-state index in [-0.39, 0.29) is 12.5 Å². The van der Waals surface area contributed by atoms with E-state index >= 15 is 0 Å². The molecule has 0 saturated heterocycles. The molecule has 0 heterocycles. The lowest BCUT2D eigenvalue weighted by molar-refractivity contribution is 0.0951. The first-order valence-corrected chi connectivity index (χ1v) is 6.17. The van der Waals surface area contributed by atoms with Gasteiger partial charge in [-0.1, -0.05) is 13.8 Å². The maximum atomic E-state index is 11.9. The molecule has 100 valence electrons. The van der Waals surface area contributed by atoms with E-state index in [0.717, 1.165) is 11.3 Å². The third kappa shape index (κ3) is 3.74. The van der Waals surface area contributed by atoms with Crippen molar-refractivity contribution < 1.29 is 14.6 Å². The van der Waals surface area contributed by atoms with Crippen molar-refractivity contribution >= 4 is 5.91 Å². The van der Waals surface area contributed by atoms with Gasteiger partial charge in [-0.3, -0.25) is 4.79 Å². The number of methoxy groups -OCH3 is 1. The van der Waals surface area contributed by atoms with Crippen LogP contribution in [0.4, 0.5) is 0 Å². The smallest absolute Gasteiger partial charge is 0.251 e. The molecule has 1 amide bonds. The zero-order valence-electron chi connectivity index (χ0n) is 11.2. The molecule has 1 aromatic carbocycles. The summed E-state index contributed by atoms with van der Waals surface area (Å²) in [7, 11) is 1.63. The van der Waals surface area contributed by atoms with Crippen molar-refractivity contribution in [2.45, 2.75) is 26.2 Å². The first-order chi connectivity index (χ1) is 8.60. The van der Waals surface area contributed by atoms with E-state index in [2.05, 4.69) is 19.2 Å². The molecule has 4 heteroatoms. The van der Waals surface area contributed by atoms with Crippen LogP contribution in [-0.2, 0) is 0 Å². The van der Waals surface area contributed by atoms with Gasteiger partial charge in [0.15, 0.2) is 0 Å². The summed E-state index contributed by atoms with van der Waals surface area (Å²) in [5, 5.41) is 11.4. The largest absolute Gasteiger partial charge is 0.496 e. The zero-order valence-corrected chi connectivity index (χ0v) is 11.2. The first-order valence-electron chi connectivity index (χ1n) is 6.17. The molecule has 0 aliphatic carbocycles. The number of carbonyl (C=O) groups is 1. The molecule has 0 aliphatic heterocycles. The Bertz CT molecular complexity index is 402. The van der Waals surface area contributed by atoms with E-state index in [0.29, 0.717) is 24.4 Å². The summed E-state index contributed by atoms with van der Waals surface area (Å²) in [6.45, 7) is 4.69. The average Bonchev–Trinajstić information content (AvgIpc) is 2.38. The third-order valence-electron chi connectivity index (χ3n) is 2.73. The van der Waals surface area contributed by atoms with Crippen LogP contribution in [0.2, 0.25) is 0 Å². The Balaban J connectivity index is 2.84. The predicted octanol–water partition coefficient (Wildman–Crippen LogP) is 1.93. The fourth-order valence-electron chi connectivity index (χ4n) is 1.71. The standard InChI is InChI=1S/C14H21NO3/c1-10(2)12-9-11(5-6-13(12)18-3)14(17)15-7-4-8-16/h5-6,9-10,16H,4,7-8H2,1-3H3,(H,15,17).